The number of non-ortho nitro benzene ring substituents is 1. The highest BCUT2D eigenvalue weighted by molar-refractivity contribution is 8.18. The Balaban J connectivity index is 1.49. The van der Waals surface area contributed by atoms with Crippen LogP contribution in [0.4, 0.5) is 10.5 Å². The molecule has 0 bridgehead atoms. The number of amides is 3. The average Bonchev–Trinajstić information content (AvgIpc) is 3.17. The van der Waals surface area contributed by atoms with Crippen molar-refractivity contribution < 1.29 is 33.6 Å². The van der Waals surface area contributed by atoms with Crippen LogP contribution in [0.1, 0.15) is 42.1 Å². The number of hydrogen-bond donors (Lipinski definition) is 0. The van der Waals surface area contributed by atoms with Gasteiger partial charge >= 0.3 is 5.97 Å². The third-order valence-electron chi connectivity index (χ3n) is 5.94. The number of benzene rings is 2. The van der Waals surface area contributed by atoms with Crippen molar-refractivity contribution >= 4 is 46.5 Å². The molecule has 2 aromatic carbocycles. The van der Waals surface area contributed by atoms with Crippen LogP contribution in [-0.4, -0.2) is 64.0 Å². The van der Waals surface area contributed by atoms with Crippen LogP contribution < -0.4 is 9.47 Å². The van der Waals surface area contributed by atoms with E-state index in [0.29, 0.717) is 18.7 Å². The summed E-state index contributed by atoms with van der Waals surface area (Å²) in [5, 5.41) is 10.5. The molecule has 3 amide bonds. The monoisotopic (exact) mass is 539 g/mol. The SMILES string of the molecule is CCOc1cc(/C=C2\SC(=O)N(CC(=O)N3CCCCC3)C2=O)ccc1OC(=O)c1cccc([N+](=O)[O-])c1. The maximum absolute atomic E-state index is 12.9. The zero-order valence-electron chi connectivity index (χ0n) is 20.6. The Kier molecular flexibility index (Phi) is 8.41. The molecule has 2 heterocycles. The highest BCUT2D eigenvalue weighted by Crippen LogP contribution is 2.35. The number of piperidine rings is 1. The molecule has 0 spiro atoms. The molecule has 0 atom stereocenters. The molecule has 2 saturated heterocycles. The fourth-order valence-corrected chi connectivity index (χ4v) is 4.88. The molecule has 38 heavy (non-hydrogen) atoms. The van der Waals surface area contributed by atoms with E-state index in [1.165, 1.54) is 30.3 Å². The fourth-order valence-electron chi connectivity index (χ4n) is 4.04. The Bertz CT molecular complexity index is 1320. The van der Waals surface area contributed by atoms with E-state index in [1.54, 1.807) is 24.0 Å². The number of esters is 1. The zero-order valence-corrected chi connectivity index (χ0v) is 21.4. The lowest BCUT2D eigenvalue weighted by Gasteiger charge is -2.27. The second-order valence-electron chi connectivity index (χ2n) is 8.55. The lowest BCUT2D eigenvalue weighted by atomic mass is 10.1. The van der Waals surface area contributed by atoms with Crippen molar-refractivity contribution in [1.82, 2.24) is 9.80 Å². The van der Waals surface area contributed by atoms with Crippen LogP contribution in [0, 0.1) is 10.1 Å². The van der Waals surface area contributed by atoms with Gasteiger partial charge in [-0.05, 0) is 67.8 Å². The number of likely N-dealkylation sites (tertiary alicyclic amines) is 1. The van der Waals surface area contributed by atoms with Crippen molar-refractivity contribution in [2.24, 2.45) is 0 Å². The Morgan fingerprint density at radius 1 is 1.08 bits per heavy atom. The summed E-state index contributed by atoms with van der Waals surface area (Å²) < 4.78 is 11.0. The standard InChI is InChI=1S/C26H25N3O8S/c1-2-36-21-13-17(9-10-20(21)37-25(32)18-7-6-8-19(15-18)29(34)35)14-22-24(31)28(26(33)38-22)16-23(30)27-11-4-3-5-12-27/h6-10,13-15H,2-5,11-12,16H2,1H3/b22-14-. The van der Waals surface area contributed by atoms with Gasteiger partial charge in [0.2, 0.25) is 5.91 Å². The summed E-state index contributed by atoms with van der Waals surface area (Å²) in [5.74, 6) is -1.31. The van der Waals surface area contributed by atoms with Crippen LogP contribution in [0.5, 0.6) is 11.5 Å². The van der Waals surface area contributed by atoms with Crippen molar-refractivity contribution in [3.8, 4) is 11.5 Å². The van der Waals surface area contributed by atoms with Gasteiger partial charge in [0.15, 0.2) is 11.5 Å². The molecule has 2 aliphatic heterocycles. The fraction of sp³-hybridized carbons (Fsp3) is 0.308. The van der Waals surface area contributed by atoms with Gasteiger partial charge in [0, 0.05) is 25.2 Å². The van der Waals surface area contributed by atoms with E-state index >= 15 is 0 Å². The number of nitro groups is 1. The summed E-state index contributed by atoms with van der Waals surface area (Å²) in [6.45, 7) is 2.95. The summed E-state index contributed by atoms with van der Waals surface area (Å²) in [6.07, 6.45) is 4.38. The minimum atomic E-state index is -0.804. The van der Waals surface area contributed by atoms with Crippen LogP contribution in [0.15, 0.2) is 47.4 Å². The molecule has 0 radical (unpaired) electrons. The molecule has 2 aromatic rings. The Morgan fingerprint density at radius 3 is 2.55 bits per heavy atom. The Hall–Kier alpha value is -4.19. The molecule has 0 saturated carbocycles. The van der Waals surface area contributed by atoms with Crippen molar-refractivity contribution in [2.45, 2.75) is 26.2 Å². The molecule has 11 nitrogen and oxygen atoms in total. The number of carbonyl (C=O) groups is 4. The molecule has 0 unspecified atom stereocenters. The smallest absolute Gasteiger partial charge is 0.343 e. The number of rotatable bonds is 8. The van der Waals surface area contributed by atoms with Gasteiger partial charge < -0.3 is 14.4 Å². The van der Waals surface area contributed by atoms with Crippen molar-refractivity contribution in [3.63, 3.8) is 0 Å². The van der Waals surface area contributed by atoms with Crippen LogP contribution >= 0.6 is 11.8 Å². The van der Waals surface area contributed by atoms with E-state index < -0.39 is 22.0 Å². The Labute approximate surface area is 222 Å². The van der Waals surface area contributed by atoms with E-state index in [-0.39, 0.29) is 46.7 Å². The van der Waals surface area contributed by atoms with Crippen LogP contribution in [-0.2, 0) is 9.59 Å². The summed E-state index contributed by atoms with van der Waals surface area (Å²) in [4.78, 5) is 63.7. The van der Waals surface area contributed by atoms with Gasteiger partial charge in [-0.3, -0.25) is 29.4 Å². The lowest BCUT2D eigenvalue weighted by molar-refractivity contribution is -0.384. The molecule has 2 aliphatic rings. The van der Waals surface area contributed by atoms with E-state index in [0.717, 1.165) is 42.0 Å². The van der Waals surface area contributed by atoms with Crippen molar-refractivity contribution in [2.75, 3.05) is 26.2 Å². The number of ether oxygens (including phenoxy) is 2. The molecule has 0 N–H and O–H groups in total. The predicted molar refractivity (Wildman–Crippen MR) is 139 cm³/mol. The number of carbonyl (C=O) groups excluding carboxylic acids is 4. The first-order chi connectivity index (χ1) is 18.3. The number of hydrogen-bond acceptors (Lipinski definition) is 9. The van der Waals surface area contributed by atoms with E-state index in [9.17, 15) is 29.3 Å². The molecular weight excluding hydrogens is 514 g/mol. The largest absolute Gasteiger partial charge is 0.490 e. The van der Waals surface area contributed by atoms with Crippen LogP contribution in [0.3, 0.4) is 0 Å². The summed E-state index contributed by atoms with van der Waals surface area (Å²) >= 11 is 0.747. The van der Waals surface area contributed by atoms with Crippen LogP contribution in [0.25, 0.3) is 6.08 Å². The van der Waals surface area contributed by atoms with Gasteiger partial charge in [0.1, 0.15) is 6.54 Å². The quantitative estimate of drug-likeness (QED) is 0.158. The minimum Gasteiger partial charge on any atom is -0.490 e. The first-order valence-corrected chi connectivity index (χ1v) is 12.8. The lowest BCUT2D eigenvalue weighted by Crippen LogP contribution is -2.44. The average molecular weight is 540 g/mol. The molecule has 0 aliphatic carbocycles. The van der Waals surface area contributed by atoms with Gasteiger partial charge in [-0.25, -0.2) is 4.79 Å². The molecule has 12 heteroatoms. The molecule has 198 valence electrons. The summed E-state index contributed by atoms with van der Waals surface area (Å²) in [7, 11) is 0. The molecular formula is C26H25N3O8S. The second-order valence-corrected chi connectivity index (χ2v) is 9.54. The first-order valence-electron chi connectivity index (χ1n) is 12.0. The number of nitro benzene ring substituents is 1. The van der Waals surface area contributed by atoms with Crippen LogP contribution in [0.2, 0.25) is 0 Å². The minimum absolute atomic E-state index is 0.00139. The van der Waals surface area contributed by atoms with Gasteiger partial charge in [0.05, 0.1) is 22.0 Å². The van der Waals surface area contributed by atoms with E-state index in [4.69, 9.17) is 9.47 Å². The Morgan fingerprint density at radius 2 is 1.84 bits per heavy atom. The van der Waals surface area contributed by atoms with Gasteiger partial charge in [0.25, 0.3) is 16.8 Å². The van der Waals surface area contributed by atoms with Crippen molar-refractivity contribution in [1.29, 1.82) is 0 Å². The highest BCUT2D eigenvalue weighted by atomic mass is 32.2. The highest BCUT2D eigenvalue weighted by Gasteiger charge is 2.37. The third-order valence-corrected chi connectivity index (χ3v) is 6.84. The second kappa shape index (κ2) is 11.9. The first kappa shape index (κ1) is 26.9. The van der Waals surface area contributed by atoms with E-state index in [2.05, 4.69) is 0 Å². The summed E-state index contributed by atoms with van der Waals surface area (Å²) in [6, 6.07) is 9.75. The van der Waals surface area contributed by atoms with E-state index in [1.807, 2.05) is 0 Å². The topological polar surface area (TPSA) is 136 Å². The van der Waals surface area contributed by atoms with Crippen molar-refractivity contribution in [3.05, 3.63) is 68.6 Å². The maximum Gasteiger partial charge on any atom is 0.343 e. The predicted octanol–water partition coefficient (Wildman–Crippen LogP) is 4.26. The molecule has 2 fully saturated rings. The van der Waals surface area contributed by atoms with Gasteiger partial charge in [-0.2, -0.15) is 0 Å². The number of nitrogens with zero attached hydrogens (tertiary/aromatic N) is 3. The number of thioether (sulfide) groups is 1. The maximum atomic E-state index is 12.9. The molecule has 0 aromatic heterocycles. The molecule has 4 rings (SSSR count). The summed E-state index contributed by atoms with van der Waals surface area (Å²) in [5.41, 5.74) is 0.265. The van der Waals surface area contributed by atoms with Gasteiger partial charge in [-0.1, -0.05) is 12.1 Å². The normalized spacial score (nSPS) is 16.6. The zero-order chi connectivity index (χ0) is 27.2. The number of imide groups is 1. The van der Waals surface area contributed by atoms with Gasteiger partial charge in [-0.15, -0.1) is 0 Å². The third kappa shape index (κ3) is 6.20.